The Morgan fingerprint density at radius 3 is 2.64 bits per heavy atom. The Balaban J connectivity index is 2.21. The predicted molar refractivity (Wildman–Crippen MR) is 101 cm³/mol. The van der Waals surface area contributed by atoms with Crippen molar-refractivity contribution in [2.75, 3.05) is 19.3 Å². The lowest BCUT2D eigenvalue weighted by Gasteiger charge is -2.17. The summed E-state index contributed by atoms with van der Waals surface area (Å²) in [6, 6.07) is 11.6. The molecule has 0 saturated heterocycles. The summed E-state index contributed by atoms with van der Waals surface area (Å²) in [7, 11) is 1.58. The first kappa shape index (κ1) is 19.0. The van der Waals surface area contributed by atoms with E-state index in [0.717, 1.165) is 23.3 Å². The van der Waals surface area contributed by atoms with Gasteiger partial charge in [-0.3, -0.25) is 0 Å². The van der Waals surface area contributed by atoms with Gasteiger partial charge in [0.15, 0.2) is 0 Å². The number of nitrogens with one attached hydrogen (secondary N) is 1. The molecule has 0 saturated carbocycles. The van der Waals surface area contributed by atoms with Gasteiger partial charge in [0.1, 0.15) is 18.1 Å². The molecule has 2 aromatic carbocycles. The summed E-state index contributed by atoms with van der Waals surface area (Å²) in [4.78, 5) is 0. The van der Waals surface area contributed by atoms with Gasteiger partial charge in [-0.15, -0.1) is 0 Å². The molecule has 0 amide bonds. The minimum atomic E-state index is -0.982. The van der Waals surface area contributed by atoms with E-state index in [1.54, 1.807) is 7.11 Å². The SMILES string of the molecule is CCc1ccc(OCc2c(NC(=S)OCF)cccc2OC)c(C)c1. The van der Waals surface area contributed by atoms with Crippen molar-refractivity contribution in [2.45, 2.75) is 26.9 Å². The zero-order valence-corrected chi connectivity index (χ0v) is 15.4. The molecule has 0 spiro atoms. The van der Waals surface area contributed by atoms with E-state index in [-0.39, 0.29) is 11.8 Å². The summed E-state index contributed by atoms with van der Waals surface area (Å²) in [5.74, 6) is 1.45. The number of hydrogen-bond acceptors (Lipinski definition) is 4. The van der Waals surface area contributed by atoms with Crippen molar-refractivity contribution in [3.63, 3.8) is 0 Å². The van der Waals surface area contributed by atoms with Crippen LogP contribution in [0.3, 0.4) is 0 Å². The highest BCUT2D eigenvalue weighted by atomic mass is 32.1. The number of methoxy groups -OCH3 is 1. The minimum absolute atomic E-state index is 0.0412. The smallest absolute Gasteiger partial charge is 0.263 e. The molecule has 6 heteroatoms. The van der Waals surface area contributed by atoms with Crippen LogP contribution in [0.4, 0.5) is 10.1 Å². The molecule has 0 bridgehead atoms. The molecule has 0 aliphatic rings. The van der Waals surface area contributed by atoms with E-state index >= 15 is 0 Å². The number of ether oxygens (including phenoxy) is 3. The van der Waals surface area contributed by atoms with E-state index in [2.05, 4.69) is 23.0 Å². The van der Waals surface area contributed by atoms with Gasteiger partial charge >= 0.3 is 0 Å². The van der Waals surface area contributed by atoms with Crippen molar-refractivity contribution in [1.82, 2.24) is 0 Å². The van der Waals surface area contributed by atoms with Crippen molar-refractivity contribution >= 4 is 23.1 Å². The van der Waals surface area contributed by atoms with Gasteiger partial charge in [0.05, 0.1) is 18.4 Å². The number of rotatable bonds is 7. The molecule has 0 unspecified atom stereocenters. The van der Waals surface area contributed by atoms with Gasteiger partial charge in [-0.1, -0.05) is 25.1 Å². The maximum absolute atomic E-state index is 12.3. The zero-order valence-electron chi connectivity index (χ0n) is 14.6. The van der Waals surface area contributed by atoms with Crippen LogP contribution in [0.2, 0.25) is 0 Å². The van der Waals surface area contributed by atoms with Gasteiger partial charge in [0, 0.05) is 0 Å². The topological polar surface area (TPSA) is 39.7 Å². The van der Waals surface area contributed by atoms with E-state index in [1.165, 1.54) is 5.56 Å². The standard InChI is InChI=1S/C19H22FNO3S/c1-4-14-8-9-17(13(2)10-14)23-11-15-16(21-19(25)24-12-20)6-5-7-18(15)22-3/h5-10H,4,11-12H2,1-3H3,(H,21,25). The molecule has 0 aromatic heterocycles. The molecule has 134 valence electrons. The summed E-state index contributed by atoms with van der Waals surface area (Å²) >= 11 is 4.95. The monoisotopic (exact) mass is 363 g/mol. The fraction of sp³-hybridized carbons (Fsp3) is 0.316. The van der Waals surface area contributed by atoms with Crippen molar-refractivity contribution < 1.29 is 18.6 Å². The molecule has 0 radical (unpaired) electrons. The highest BCUT2D eigenvalue weighted by Crippen LogP contribution is 2.29. The van der Waals surface area contributed by atoms with Crippen LogP contribution in [0.1, 0.15) is 23.6 Å². The van der Waals surface area contributed by atoms with E-state index in [4.69, 9.17) is 21.7 Å². The van der Waals surface area contributed by atoms with E-state index < -0.39 is 6.86 Å². The van der Waals surface area contributed by atoms with Crippen LogP contribution >= 0.6 is 12.2 Å². The summed E-state index contributed by atoms with van der Waals surface area (Å²) in [6.45, 7) is 3.42. The maximum atomic E-state index is 12.3. The fourth-order valence-corrected chi connectivity index (χ4v) is 2.62. The number of benzene rings is 2. The lowest BCUT2D eigenvalue weighted by Crippen LogP contribution is -2.15. The second kappa shape index (κ2) is 9.22. The molecule has 0 aliphatic heterocycles. The van der Waals surface area contributed by atoms with Crippen molar-refractivity contribution in [3.8, 4) is 11.5 Å². The van der Waals surface area contributed by atoms with Gasteiger partial charge in [0.25, 0.3) is 5.17 Å². The molecule has 0 heterocycles. The quantitative estimate of drug-likeness (QED) is 0.717. The first-order valence-corrected chi connectivity index (χ1v) is 8.37. The lowest BCUT2D eigenvalue weighted by molar-refractivity contribution is 0.184. The highest BCUT2D eigenvalue weighted by molar-refractivity contribution is 7.80. The zero-order chi connectivity index (χ0) is 18.2. The normalized spacial score (nSPS) is 10.2. The summed E-state index contributed by atoms with van der Waals surface area (Å²) in [5, 5.41) is 2.82. The van der Waals surface area contributed by atoms with Crippen LogP contribution in [0, 0.1) is 6.92 Å². The van der Waals surface area contributed by atoms with Crippen LogP contribution in [0.5, 0.6) is 11.5 Å². The van der Waals surface area contributed by atoms with Crippen molar-refractivity contribution in [1.29, 1.82) is 0 Å². The molecule has 0 atom stereocenters. The minimum Gasteiger partial charge on any atom is -0.496 e. The number of hydrogen-bond donors (Lipinski definition) is 1. The largest absolute Gasteiger partial charge is 0.496 e. The highest BCUT2D eigenvalue weighted by Gasteiger charge is 2.12. The molecular formula is C19H22FNO3S. The molecule has 4 nitrogen and oxygen atoms in total. The fourth-order valence-electron chi connectivity index (χ4n) is 2.46. The number of aryl methyl sites for hydroxylation is 2. The van der Waals surface area contributed by atoms with Crippen LogP contribution in [-0.4, -0.2) is 19.1 Å². The van der Waals surface area contributed by atoms with Crippen LogP contribution < -0.4 is 14.8 Å². The van der Waals surface area contributed by atoms with Crippen LogP contribution in [0.25, 0.3) is 0 Å². The number of alkyl halides is 1. The van der Waals surface area contributed by atoms with Crippen molar-refractivity contribution in [2.24, 2.45) is 0 Å². The molecule has 2 aromatic rings. The Hall–Kier alpha value is -2.34. The predicted octanol–water partition coefficient (Wildman–Crippen LogP) is 4.79. The lowest BCUT2D eigenvalue weighted by atomic mass is 10.1. The molecule has 1 N–H and O–H groups in total. The van der Waals surface area contributed by atoms with Gasteiger partial charge < -0.3 is 19.5 Å². The molecular weight excluding hydrogens is 341 g/mol. The third kappa shape index (κ3) is 5.06. The maximum Gasteiger partial charge on any atom is 0.263 e. The Morgan fingerprint density at radius 1 is 1.20 bits per heavy atom. The molecule has 0 fully saturated rings. The summed E-state index contributed by atoms with van der Waals surface area (Å²) in [6.07, 6.45) is 0.980. The van der Waals surface area contributed by atoms with Gasteiger partial charge in [-0.05, 0) is 54.9 Å². The Labute approximate surface area is 152 Å². The summed E-state index contributed by atoms with van der Waals surface area (Å²) < 4.78 is 28.3. The second-order valence-corrected chi connectivity index (χ2v) is 5.77. The van der Waals surface area contributed by atoms with Crippen LogP contribution in [-0.2, 0) is 17.8 Å². The van der Waals surface area contributed by atoms with Crippen LogP contribution in [0.15, 0.2) is 36.4 Å². The van der Waals surface area contributed by atoms with E-state index in [9.17, 15) is 4.39 Å². The number of halogens is 1. The van der Waals surface area contributed by atoms with E-state index in [1.807, 2.05) is 37.3 Å². The van der Waals surface area contributed by atoms with Gasteiger partial charge in [-0.2, -0.15) is 0 Å². The average molecular weight is 363 g/mol. The molecule has 25 heavy (non-hydrogen) atoms. The third-order valence-electron chi connectivity index (χ3n) is 3.79. The Morgan fingerprint density at radius 2 is 2.00 bits per heavy atom. The number of thiocarbonyl (C=S) groups is 1. The van der Waals surface area contributed by atoms with Gasteiger partial charge in [-0.25, -0.2) is 4.39 Å². The van der Waals surface area contributed by atoms with Crippen molar-refractivity contribution in [3.05, 3.63) is 53.1 Å². The van der Waals surface area contributed by atoms with Gasteiger partial charge in [0.2, 0.25) is 6.86 Å². The first-order chi connectivity index (χ1) is 12.1. The average Bonchev–Trinajstić information content (AvgIpc) is 2.61. The Kier molecular flexibility index (Phi) is 7.01. The molecule has 0 aliphatic carbocycles. The number of anilines is 1. The third-order valence-corrected chi connectivity index (χ3v) is 4.01. The Bertz CT molecular complexity index is 737. The first-order valence-electron chi connectivity index (χ1n) is 7.97. The summed E-state index contributed by atoms with van der Waals surface area (Å²) in [5.41, 5.74) is 3.76. The second-order valence-electron chi connectivity index (χ2n) is 5.39. The molecule has 2 rings (SSSR count). The van der Waals surface area contributed by atoms with E-state index in [0.29, 0.717) is 11.4 Å².